The first-order valence-electron chi connectivity index (χ1n) is 6.02. The Labute approximate surface area is 107 Å². The summed E-state index contributed by atoms with van der Waals surface area (Å²) in [6, 6.07) is 0.279. The second-order valence-electron chi connectivity index (χ2n) is 4.73. The number of nitrogens with zero attached hydrogens (tertiary/aromatic N) is 5. The first kappa shape index (κ1) is 12.8. The van der Waals surface area contributed by atoms with Gasteiger partial charge in [0.05, 0.1) is 12.1 Å². The number of nitrogens with two attached hydrogens (primary N) is 1. The average molecular weight is 252 g/mol. The molecular weight excluding hydrogens is 232 g/mol. The summed E-state index contributed by atoms with van der Waals surface area (Å²) in [5.74, 6) is 1.39. The summed E-state index contributed by atoms with van der Waals surface area (Å²) < 4.78 is 5.56. The Hall–Kier alpha value is -1.63. The summed E-state index contributed by atoms with van der Waals surface area (Å²) >= 11 is 0. The van der Waals surface area contributed by atoms with Crippen molar-refractivity contribution in [3.63, 3.8) is 0 Å². The summed E-state index contributed by atoms with van der Waals surface area (Å²) in [4.78, 5) is 16.5. The fraction of sp³-hybridized carbons (Fsp3) is 0.727. The highest BCUT2D eigenvalue weighted by Crippen LogP contribution is 2.22. The SMILES string of the molecule is CC1OCCC1N(C)c1nc(N)nc(N(C)C)n1. The molecule has 1 aromatic rings. The minimum atomic E-state index is 0.177. The van der Waals surface area contributed by atoms with Gasteiger partial charge in [-0.2, -0.15) is 15.0 Å². The van der Waals surface area contributed by atoms with Gasteiger partial charge in [0.2, 0.25) is 17.8 Å². The second kappa shape index (κ2) is 4.93. The Bertz CT molecular complexity index is 424. The highest BCUT2D eigenvalue weighted by molar-refractivity contribution is 5.43. The van der Waals surface area contributed by atoms with Crippen molar-refractivity contribution in [3.8, 4) is 0 Å². The highest BCUT2D eigenvalue weighted by Gasteiger charge is 2.29. The minimum Gasteiger partial charge on any atom is -0.376 e. The topological polar surface area (TPSA) is 80.4 Å². The summed E-state index contributed by atoms with van der Waals surface area (Å²) in [6.07, 6.45) is 1.15. The Morgan fingerprint density at radius 2 is 1.83 bits per heavy atom. The lowest BCUT2D eigenvalue weighted by Gasteiger charge is -2.27. The molecular formula is C11H20N6O. The van der Waals surface area contributed by atoms with Crippen LogP contribution in [0.3, 0.4) is 0 Å². The predicted octanol–water partition coefficient (Wildman–Crippen LogP) is 0.133. The van der Waals surface area contributed by atoms with Gasteiger partial charge in [0, 0.05) is 27.7 Å². The van der Waals surface area contributed by atoms with Gasteiger partial charge in [0.1, 0.15) is 0 Å². The molecule has 2 rings (SSSR count). The van der Waals surface area contributed by atoms with Crippen LogP contribution in [0, 0.1) is 0 Å². The molecule has 0 bridgehead atoms. The smallest absolute Gasteiger partial charge is 0.232 e. The molecule has 0 aliphatic carbocycles. The molecule has 2 unspecified atom stereocenters. The van der Waals surface area contributed by atoms with Gasteiger partial charge in [0.15, 0.2) is 0 Å². The minimum absolute atomic E-state index is 0.177. The normalized spacial score (nSPS) is 23.1. The number of aromatic nitrogens is 3. The van der Waals surface area contributed by atoms with E-state index in [0.29, 0.717) is 11.9 Å². The van der Waals surface area contributed by atoms with E-state index in [2.05, 4.69) is 21.9 Å². The standard InChI is InChI=1S/C11H20N6O/c1-7-8(5-6-18-7)17(4)11-14-9(12)13-10(15-11)16(2)3/h7-8H,5-6H2,1-4H3,(H2,12,13,14,15). The van der Waals surface area contributed by atoms with Gasteiger partial charge >= 0.3 is 0 Å². The Morgan fingerprint density at radius 3 is 2.39 bits per heavy atom. The maximum absolute atomic E-state index is 5.72. The van der Waals surface area contributed by atoms with Crippen molar-refractivity contribution in [3.05, 3.63) is 0 Å². The molecule has 0 saturated carbocycles. The van der Waals surface area contributed by atoms with Crippen LogP contribution >= 0.6 is 0 Å². The Morgan fingerprint density at radius 1 is 1.17 bits per heavy atom. The second-order valence-corrected chi connectivity index (χ2v) is 4.73. The van der Waals surface area contributed by atoms with Crippen LogP contribution in [0.1, 0.15) is 13.3 Å². The van der Waals surface area contributed by atoms with Crippen molar-refractivity contribution in [1.82, 2.24) is 15.0 Å². The highest BCUT2D eigenvalue weighted by atomic mass is 16.5. The molecule has 18 heavy (non-hydrogen) atoms. The third kappa shape index (κ3) is 2.45. The van der Waals surface area contributed by atoms with E-state index in [1.165, 1.54) is 0 Å². The van der Waals surface area contributed by atoms with Gasteiger partial charge in [-0.05, 0) is 13.3 Å². The van der Waals surface area contributed by atoms with Crippen molar-refractivity contribution in [2.45, 2.75) is 25.5 Å². The van der Waals surface area contributed by atoms with Crippen LogP contribution in [0.15, 0.2) is 0 Å². The molecule has 7 heteroatoms. The van der Waals surface area contributed by atoms with Gasteiger partial charge in [-0.3, -0.25) is 0 Å². The number of anilines is 3. The molecule has 2 heterocycles. The van der Waals surface area contributed by atoms with Crippen LogP contribution in [0.2, 0.25) is 0 Å². The van der Waals surface area contributed by atoms with Gasteiger partial charge in [0.25, 0.3) is 0 Å². The lowest BCUT2D eigenvalue weighted by atomic mass is 10.1. The van der Waals surface area contributed by atoms with Crippen molar-refractivity contribution in [1.29, 1.82) is 0 Å². The number of nitrogen functional groups attached to an aromatic ring is 1. The lowest BCUT2D eigenvalue weighted by molar-refractivity contribution is 0.118. The van der Waals surface area contributed by atoms with Crippen LogP contribution in [-0.4, -0.2) is 54.8 Å². The monoisotopic (exact) mass is 252 g/mol. The molecule has 0 aromatic carbocycles. The first-order chi connectivity index (χ1) is 8.49. The molecule has 100 valence electrons. The zero-order valence-corrected chi connectivity index (χ0v) is 11.3. The zero-order valence-electron chi connectivity index (χ0n) is 11.3. The Balaban J connectivity index is 2.26. The van der Waals surface area contributed by atoms with Crippen molar-refractivity contribution in [2.75, 3.05) is 43.3 Å². The number of hydrogen-bond acceptors (Lipinski definition) is 7. The molecule has 1 saturated heterocycles. The predicted molar refractivity (Wildman–Crippen MR) is 70.8 cm³/mol. The van der Waals surface area contributed by atoms with E-state index < -0.39 is 0 Å². The van der Waals surface area contributed by atoms with Gasteiger partial charge < -0.3 is 20.3 Å². The maximum Gasteiger partial charge on any atom is 0.232 e. The molecule has 2 N–H and O–H groups in total. The van der Waals surface area contributed by atoms with Crippen molar-refractivity contribution >= 4 is 17.8 Å². The van der Waals surface area contributed by atoms with Crippen LogP contribution in [0.4, 0.5) is 17.8 Å². The van der Waals surface area contributed by atoms with Crippen LogP contribution in [0.5, 0.6) is 0 Å². The molecule has 0 spiro atoms. The molecule has 1 fully saturated rings. The molecule has 0 radical (unpaired) electrons. The first-order valence-corrected chi connectivity index (χ1v) is 6.02. The van der Waals surface area contributed by atoms with Crippen molar-refractivity contribution < 1.29 is 4.74 Å². The van der Waals surface area contributed by atoms with E-state index in [0.717, 1.165) is 13.0 Å². The molecule has 0 amide bonds. The van der Waals surface area contributed by atoms with Crippen molar-refractivity contribution in [2.24, 2.45) is 0 Å². The van der Waals surface area contributed by atoms with Crippen LogP contribution < -0.4 is 15.5 Å². The van der Waals surface area contributed by atoms with E-state index in [1.807, 2.05) is 30.9 Å². The molecule has 2 atom stereocenters. The fourth-order valence-electron chi connectivity index (χ4n) is 2.10. The molecule has 1 aliphatic heterocycles. The number of hydrogen-bond donors (Lipinski definition) is 1. The van der Waals surface area contributed by atoms with E-state index in [1.54, 1.807) is 0 Å². The third-order valence-corrected chi connectivity index (χ3v) is 3.18. The van der Waals surface area contributed by atoms with Gasteiger partial charge in [-0.15, -0.1) is 0 Å². The fourth-order valence-corrected chi connectivity index (χ4v) is 2.10. The number of ether oxygens (including phenoxy) is 1. The van der Waals surface area contributed by atoms with Gasteiger partial charge in [-0.1, -0.05) is 0 Å². The van der Waals surface area contributed by atoms with E-state index in [-0.39, 0.29) is 18.1 Å². The maximum atomic E-state index is 5.72. The summed E-state index contributed by atoms with van der Waals surface area (Å²) in [5, 5.41) is 0. The number of likely N-dealkylation sites (N-methyl/N-ethyl adjacent to an activating group) is 1. The Kier molecular flexibility index (Phi) is 3.51. The quantitative estimate of drug-likeness (QED) is 0.819. The van der Waals surface area contributed by atoms with Crippen LogP contribution in [0.25, 0.3) is 0 Å². The van der Waals surface area contributed by atoms with E-state index >= 15 is 0 Å². The molecule has 1 aromatic heterocycles. The average Bonchev–Trinajstić information content (AvgIpc) is 2.73. The molecule has 7 nitrogen and oxygen atoms in total. The van der Waals surface area contributed by atoms with E-state index in [9.17, 15) is 0 Å². The molecule has 1 aliphatic rings. The summed E-state index contributed by atoms with van der Waals surface area (Å²) in [7, 11) is 5.71. The lowest BCUT2D eigenvalue weighted by Crippen LogP contribution is -2.38. The number of rotatable bonds is 3. The summed E-state index contributed by atoms with van der Waals surface area (Å²) in [6.45, 7) is 2.84. The van der Waals surface area contributed by atoms with Gasteiger partial charge in [-0.25, -0.2) is 0 Å². The third-order valence-electron chi connectivity index (χ3n) is 3.18. The van der Waals surface area contributed by atoms with E-state index in [4.69, 9.17) is 10.5 Å². The largest absolute Gasteiger partial charge is 0.376 e. The summed E-state index contributed by atoms with van der Waals surface area (Å²) in [5.41, 5.74) is 5.72. The van der Waals surface area contributed by atoms with Crippen LogP contribution in [-0.2, 0) is 4.74 Å². The zero-order chi connectivity index (χ0) is 13.3.